The average molecular weight is 1040 g/mol. The lowest BCUT2D eigenvalue weighted by Crippen LogP contribution is -2.25. The van der Waals surface area contributed by atoms with E-state index in [4.69, 9.17) is 18.5 Å². The molecule has 70 heavy (non-hydrogen) atoms. The number of ether oxygens (including phenoxy) is 2. The number of carbonyl (C=O) groups is 2. The Bertz CT molecular complexity index is 1390. The maximum atomic E-state index is 12.2. The minimum absolute atomic E-state index is 0.192. The second-order valence-corrected chi connectivity index (χ2v) is 21.5. The van der Waals surface area contributed by atoms with Gasteiger partial charge in [-0.1, -0.05) is 185 Å². The number of phosphoric ester groups is 2. The van der Waals surface area contributed by atoms with Gasteiger partial charge >= 0.3 is 27.6 Å². The fraction of sp³-hybridized carbons (Fsp3) is 0.849. The van der Waals surface area contributed by atoms with E-state index in [0.29, 0.717) is 12.8 Å². The van der Waals surface area contributed by atoms with Gasteiger partial charge in [-0.2, -0.15) is 0 Å². The summed E-state index contributed by atoms with van der Waals surface area (Å²) in [5.74, 6) is -0.995. The van der Waals surface area contributed by atoms with Gasteiger partial charge in [-0.15, -0.1) is 0 Å². The number of hydrogen-bond donors (Lipinski definition) is 5. The summed E-state index contributed by atoms with van der Waals surface area (Å²) < 4.78 is 53.2. The zero-order valence-electron chi connectivity index (χ0n) is 43.7. The monoisotopic (exact) mass is 1040 g/mol. The van der Waals surface area contributed by atoms with Crippen LogP contribution in [-0.4, -0.2) is 95.0 Å². The van der Waals surface area contributed by atoms with Gasteiger partial charge in [0.2, 0.25) is 0 Å². The van der Waals surface area contributed by atoms with Crippen molar-refractivity contribution in [1.29, 1.82) is 0 Å². The second kappa shape index (κ2) is 49.5. The molecule has 0 aromatic rings. The molecule has 0 heterocycles. The highest BCUT2D eigenvalue weighted by molar-refractivity contribution is 7.47. The summed E-state index contributed by atoms with van der Waals surface area (Å²) in [6, 6.07) is 0. The molecule has 5 atom stereocenters. The van der Waals surface area contributed by atoms with Crippen LogP contribution in [0.1, 0.15) is 232 Å². The van der Waals surface area contributed by atoms with Crippen LogP contribution in [0.3, 0.4) is 0 Å². The van der Waals surface area contributed by atoms with Crippen LogP contribution in [-0.2, 0) is 46.3 Å². The Labute approximate surface area is 424 Å². The Morgan fingerprint density at radius 1 is 0.371 bits per heavy atom. The molecule has 5 unspecified atom stereocenters. The number of esters is 2. The second-order valence-electron chi connectivity index (χ2n) is 18.6. The standard InChI is InChI=1S/C53H100O15P2/c1-3-5-7-9-11-13-15-17-19-21-23-25-27-29-31-33-35-37-39-41-52(57)63-43-49(54)45-65-69(59,60)67-47-51(56)48-68-70(61,62)66-46-50(55)44-64-53(58)42-40-38-36-34-32-30-28-26-24-22-20-18-16-14-12-10-8-6-4-2/h11,13,17-20,49-51,54-56H,3-10,12,14-16,21-48H2,1-2H3,(H,59,60)(H,61,62)/b13-11-,19-17-,20-18+. The number of phosphoric acid groups is 2. The van der Waals surface area contributed by atoms with Gasteiger partial charge in [0.15, 0.2) is 0 Å². The van der Waals surface area contributed by atoms with Crippen LogP contribution in [0.2, 0.25) is 0 Å². The highest BCUT2D eigenvalue weighted by atomic mass is 31.2. The molecule has 0 radical (unpaired) electrons. The molecule has 412 valence electrons. The van der Waals surface area contributed by atoms with Gasteiger partial charge < -0.3 is 34.6 Å². The quantitative estimate of drug-likeness (QED) is 0.0165. The maximum absolute atomic E-state index is 12.2. The first-order chi connectivity index (χ1) is 33.8. The van der Waals surface area contributed by atoms with Crippen molar-refractivity contribution < 1.29 is 71.4 Å². The van der Waals surface area contributed by atoms with Crippen LogP contribution in [0.25, 0.3) is 0 Å². The van der Waals surface area contributed by atoms with E-state index in [9.17, 15) is 43.8 Å². The molecular formula is C53H100O15P2. The fourth-order valence-corrected chi connectivity index (χ4v) is 8.89. The van der Waals surface area contributed by atoms with Crippen molar-refractivity contribution in [3.05, 3.63) is 36.5 Å². The predicted molar refractivity (Wildman–Crippen MR) is 279 cm³/mol. The minimum atomic E-state index is -4.79. The fourth-order valence-electron chi connectivity index (χ4n) is 7.30. The van der Waals surface area contributed by atoms with Crippen molar-refractivity contribution in [2.24, 2.45) is 0 Å². The highest BCUT2D eigenvalue weighted by Crippen LogP contribution is 2.45. The Morgan fingerprint density at radius 3 is 0.943 bits per heavy atom. The topological polar surface area (TPSA) is 225 Å². The van der Waals surface area contributed by atoms with Gasteiger partial charge in [0, 0.05) is 12.8 Å². The van der Waals surface area contributed by atoms with Gasteiger partial charge in [0.25, 0.3) is 0 Å². The Kier molecular flexibility index (Phi) is 48.2. The lowest BCUT2D eigenvalue weighted by Gasteiger charge is -2.19. The first kappa shape index (κ1) is 68.3. The number of aliphatic hydroxyl groups is 3. The van der Waals surface area contributed by atoms with Gasteiger partial charge in [-0.05, 0) is 70.6 Å². The molecular weight excluding hydrogens is 939 g/mol. The van der Waals surface area contributed by atoms with Crippen LogP contribution in [0.4, 0.5) is 0 Å². The number of rotatable bonds is 53. The molecule has 0 rings (SSSR count). The third-order valence-corrected chi connectivity index (χ3v) is 13.5. The van der Waals surface area contributed by atoms with E-state index in [1.807, 2.05) is 0 Å². The van der Waals surface area contributed by atoms with Gasteiger partial charge in [-0.25, -0.2) is 9.13 Å². The molecule has 0 saturated heterocycles. The van der Waals surface area contributed by atoms with E-state index >= 15 is 0 Å². The summed E-state index contributed by atoms with van der Waals surface area (Å²) in [7, 11) is -9.58. The van der Waals surface area contributed by atoms with Crippen LogP contribution in [0, 0.1) is 0 Å². The summed E-state index contributed by atoms with van der Waals surface area (Å²) in [5, 5.41) is 30.1. The van der Waals surface area contributed by atoms with Crippen molar-refractivity contribution in [2.75, 3.05) is 39.6 Å². The molecule has 0 saturated carbocycles. The third kappa shape index (κ3) is 51.2. The van der Waals surface area contributed by atoms with Crippen LogP contribution >= 0.6 is 15.6 Å². The summed E-state index contributed by atoms with van der Waals surface area (Å²) in [4.78, 5) is 43.9. The predicted octanol–water partition coefficient (Wildman–Crippen LogP) is 13.4. The van der Waals surface area contributed by atoms with Gasteiger partial charge in [-0.3, -0.25) is 27.7 Å². The van der Waals surface area contributed by atoms with Gasteiger partial charge in [0.1, 0.15) is 31.5 Å². The van der Waals surface area contributed by atoms with Crippen molar-refractivity contribution in [2.45, 2.75) is 250 Å². The number of hydrogen-bond acceptors (Lipinski definition) is 13. The minimum Gasteiger partial charge on any atom is -0.463 e. The summed E-state index contributed by atoms with van der Waals surface area (Å²) in [6.07, 6.45) is 46.9. The van der Waals surface area contributed by atoms with Gasteiger partial charge in [0.05, 0.1) is 26.4 Å². The number of allylic oxidation sites excluding steroid dienone is 6. The average Bonchev–Trinajstić information content (AvgIpc) is 3.34. The highest BCUT2D eigenvalue weighted by Gasteiger charge is 2.28. The molecule has 15 nitrogen and oxygen atoms in total. The summed E-state index contributed by atoms with van der Waals surface area (Å²) in [5.41, 5.74) is 0. The first-order valence-electron chi connectivity index (χ1n) is 27.3. The number of unbranched alkanes of at least 4 members (excludes halogenated alkanes) is 27. The van der Waals surface area contributed by atoms with Crippen molar-refractivity contribution in [3.63, 3.8) is 0 Å². The molecule has 0 aromatic carbocycles. The molecule has 0 aliphatic heterocycles. The summed E-state index contributed by atoms with van der Waals surface area (Å²) in [6.45, 7) is 0.427. The number of aliphatic hydroxyl groups excluding tert-OH is 3. The molecule has 17 heteroatoms. The van der Waals surface area contributed by atoms with Crippen molar-refractivity contribution in [1.82, 2.24) is 0 Å². The molecule has 0 amide bonds. The SMILES string of the molecule is CCCCC/C=C\C/C=C\CCCCCCCCCCCC(=O)OCC(O)COP(=O)(O)OCC(O)COP(=O)(O)OCC(O)COC(=O)CCCCCCCCCCC/C=C/CCCCCCCC. The van der Waals surface area contributed by atoms with E-state index in [1.165, 1.54) is 141 Å². The van der Waals surface area contributed by atoms with E-state index < -0.39 is 85.5 Å². The molecule has 0 aliphatic carbocycles. The molecule has 5 N–H and O–H groups in total. The lowest BCUT2D eigenvalue weighted by molar-refractivity contribution is -0.148. The molecule has 0 bridgehead atoms. The largest absolute Gasteiger partial charge is 0.472 e. The Hall–Kier alpha value is -1.74. The Balaban J connectivity index is 3.83. The molecule has 0 fully saturated rings. The lowest BCUT2D eigenvalue weighted by atomic mass is 10.1. The van der Waals surface area contributed by atoms with Crippen molar-refractivity contribution >= 4 is 27.6 Å². The van der Waals surface area contributed by atoms with Crippen molar-refractivity contribution in [3.8, 4) is 0 Å². The van der Waals surface area contributed by atoms with E-state index in [0.717, 1.165) is 51.4 Å². The maximum Gasteiger partial charge on any atom is 0.472 e. The van der Waals surface area contributed by atoms with Crippen LogP contribution in [0.5, 0.6) is 0 Å². The normalized spacial score (nSPS) is 15.1. The molecule has 0 aromatic heterocycles. The number of carbonyl (C=O) groups excluding carboxylic acids is 2. The zero-order chi connectivity index (χ0) is 51.7. The Morgan fingerprint density at radius 2 is 0.614 bits per heavy atom. The first-order valence-corrected chi connectivity index (χ1v) is 30.3. The van der Waals surface area contributed by atoms with E-state index in [1.54, 1.807) is 0 Å². The van der Waals surface area contributed by atoms with E-state index in [2.05, 4.69) is 59.4 Å². The molecule has 0 aliphatic rings. The van der Waals surface area contributed by atoms with Crippen LogP contribution in [0.15, 0.2) is 36.5 Å². The van der Waals surface area contributed by atoms with E-state index in [-0.39, 0.29) is 12.8 Å². The third-order valence-electron chi connectivity index (χ3n) is 11.6. The zero-order valence-corrected chi connectivity index (χ0v) is 45.5. The smallest absolute Gasteiger partial charge is 0.463 e. The van der Waals surface area contributed by atoms with Crippen LogP contribution < -0.4 is 0 Å². The summed E-state index contributed by atoms with van der Waals surface area (Å²) >= 11 is 0. The molecule has 0 spiro atoms.